The number of aliphatic hydroxyl groups excluding tert-OH is 1. The van der Waals surface area contributed by atoms with Crippen molar-refractivity contribution in [3.63, 3.8) is 0 Å². The van der Waals surface area contributed by atoms with Crippen LogP contribution < -0.4 is 0 Å². The van der Waals surface area contributed by atoms with Crippen molar-refractivity contribution in [3.05, 3.63) is 0 Å². The highest BCUT2D eigenvalue weighted by atomic mass is 16.5. The van der Waals surface area contributed by atoms with E-state index in [1.807, 2.05) is 0 Å². The Labute approximate surface area is 105 Å². The predicted octanol–water partition coefficient (Wildman–Crippen LogP) is 2.76. The Balaban J connectivity index is 2.88. The fourth-order valence-electron chi connectivity index (χ4n) is 3.22. The van der Waals surface area contributed by atoms with Gasteiger partial charge < -0.3 is 9.84 Å². The van der Waals surface area contributed by atoms with Gasteiger partial charge in [-0.3, -0.25) is 4.79 Å². The van der Waals surface area contributed by atoms with Gasteiger partial charge in [-0.25, -0.2) is 0 Å². The van der Waals surface area contributed by atoms with E-state index in [-0.39, 0.29) is 24.6 Å². The second-order valence-electron chi connectivity index (χ2n) is 5.55. The van der Waals surface area contributed by atoms with E-state index in [1.165, 1.54) is 12.8 Å². The van der Waals surface area contributed by atoms with Gasteiger partial charge in [0.15, 0.2) is 0 Å². The lowest BCUT2D eigenvalue weighted by Crippen LogP contribution is -2.43. The first-order chi connectivity index (χ1) is 8.05. The van der Waals surface area contributed by atoms with E-state index >= 15 is 0 Å². The van der Waals surface area contributed by atoms with E-state index in [0.29, 0.717) is 11.8 Å². The molecular weight excluding hydrogens is 216 g/mol. The smallest absolute Gasteiger partial charge is 0.312 e. The molecule has 2 atom stereocenters. The number of hydrogen-bond acceptors (Lipinski definition) is 3. The average molecular weight is 242 g/mol. The molecule has 0 aliphatic heterocycles. The Bertz CT molecular complexity index is 250. The molecule has 0 saturated heterocycles. The topological polar surface area (TPSA) is 46.5 Å². The summed E-state index contributed by atoms with van der Waals surface area (Å²) in [5.41, 5.74) is -0.342. The molecule has 2 unspecified atom stereocenters. The van der Waals surface area contributed by atoms with E-state index < -0.39 is 0 Å². The standard InChI is InChI=1S/C14H26O3/c1-11(2)14(13(16)17-10-9-15)8-6-4-5-7-12(14)3/h11-12,15H,4-10H2,1-3H3. The Morgan fingerprint density at radius 2 is 2.12 bits per heavy atom. The number of ether oxygens (including phenoxy) is 1. The Morgan fingerprint density at radius 3 is 2.71 bits per heavy atom. The minimum Gasteiger partial charge on any atom is -0.463 e. The first kappa shape index (κ1) is 14.5. The van der Waals surface area contributed by atoms with Crippen molar-refractivity contribution < 1.29 is 14.6 Å². The van der Waals surface area contributed by atoms with Crippen LogP contribution in [-0.2, 0) is 9.53 Å². The van der Waals surface area contributed by atoms with Gasteiger partial charge in [0.05, 0.1) is 12.0 Å². The zero-order valence-corrected chi connectivity index (χ0v) is 11.4. The van der Waals surface area contributed by atoms with Crippen molar-refractivity contribution in [2.24, 2.45) is 17.3 Å². The van der Waals surface area contributed by atoms with Crippen molar-refractivity contribution in [1.82, 2.24) is 0 Å². The number of rotatable bonds is 4. The van der Waals surface area contributed by atoms with Crippen molar-refractivity contribution in [2.75, 3.05) is 13.2 Å². The van der Waals surface area contributed by atoms with E-state index in [1.54, 1.807) is 0 Å². The number of carbonyl (C=O) groups excluding carboxylic acids is 1. The Kier molecular flexibility index (Phi) is 5.44. The summed E-state index contributed by atoms with van der Waals surface area (Å²) in [5, 5.41) is 8.78. The van der Waals surface area contributed by atoms with Gasteiger partial charge in [-0.15, -0.1) is 0 Å². The van der Waals surface area contributed by atoms with Gasteiger partial charge in [-0.05, 0) is 24.7 Å². The van der Waals surface area contributed by atoms with Crippen LogP contribution >= 0.6 is 0 Å². The number of hydrogen-bond donors (Lipinski definition) is 1. The average Bonchev–Trinajstić information content (AvgIpc) is 2.48. The van der Waals surface area contributed by atoms with Crippen LogP contribution in [0.15, 0.2) is 0 Å². The molecule has 1 aliphatic carbocycles. The van der Waals surface area contributed by atoms with Gasteiger partial charge >= 0.3 is 5.97 Å². The molecule has 0 aromatic heterocycles. The normalized spacial score (nSPS) is 30.1. The van der Waals surface area contributed by atoms with E-state index in [4.69, 9.17) is 9.84 Å². The quantitative estimate of drug-likeness (QED) is 0.609. The van der Waals surface area contributed by atoms with Gasteiger partial charge in [0.25, 0.3) is 0 Å². The molecule has 1 fully saturated rings. The second kappa shape index (κ2) is 6.39. The molecular formula is C14H26O3. The molecule has 0 radical (unpaired) electrons. The van der Waals surface area contributed by atoms with E-state index in [0.717, 1.165) is 19.3 Å². The molecule has 0 bridgehead atoms. The largest absolute Gasteiger partial charge is 0.463 e. The van der Waals surface area contributed by atoms with Gasteiger partial charge in [0, 0.05) is 0 Å². The summed E-state index contributed by atoms with van der Waals surface area (Å²) in [6, 6.07) is 0. The van der Waals surface area contributed by atoms with E-state index in [2.05, 4.69) is 20.8 Å². The second-order valence-corrected chi connectivity index (χ2v) is 5.55. The third kappa shape index (κ3) is 3.01. The molecule has 0 amide bonds. The van der Waals surface area contributed by atoms with Crippen LogP contribution in [0.3, 0.4) is 0 Å². The maximum atomic E-state index is 12.4. The lowest BCUT2D eigenvalue weighted by atomic mass is 9.65. The SMILES string of the molecule is CC(C)C1(C(=O)OCCO)CCCCCC1C. The predicted molar refractivity (Wildman–Crippen MR) is 67.6 cm³/mol. The third-order valence-corrected chi connectivity index (χ3v) is 4.34. The molecule has 1 saturated carbocycles. The Morgan fingerprint density at radius 1 is 1.41 bits per heavy atom. The summed E-state index contributed by atoms with van der Waals surface area (Å²) in [4.78, 5) is 12.4. The first-order valence-electron chi connectivity index (χ1n) is 6.83. The summed E-state index contributed by atoms with van der Waals surface area (Å²) in [6.45, 7) is 6.43. The van der Waals surface area contributed by atoms with E-state index in [9.17, 15) is 4.79 Å². The molecule has 3 nitrogen and oxygen atoms in total. The molecule has 1 N–H and O–H groups in total. The lowest BCUT2D eigenvalue weighted by molar-refractivity contribution is -0.165. The monoisotopic (exact) mass is 242 g/mol. The van der Waals surface area contributed by atoms with Gasteiger partial charge in [-0.2, -0.15) is 0 Å². The molecule has 0 spiro atoms. The van der Waals surface area contributed by atoms with Gasteiger partial charge in [0.2, 0.25) is 0 Å². The van der Waals surface area contributed by atoms with Gasteiger partial charge in [-0.1, -0.05) is 40.0 Å². The fraction of sp³-hybridized carbons (Fsp3) is 0.929. The zero-order chi connectivity index (χ0) is 12.9. The van der Waals surface area contributed by atoms with Crippen LogP contribution in [0.4, 0.5) is 0 Å². The number of carbonyl (C=O) groups is 1. The Hall–Kier alpha value is -0.570. The number of esters is 1. The summed E-state index contributed by atoms with van der Waals surface area (Å²) < 4.78 is 5.23. The third-order valence-electron chi connectivity index (χ3n) is 4.34. The first-order valence-corrected chi connectivity index (χ1v) is 6.83. The van der Waals surface area contributed by atoms with Crippen LogP contribution in [0.2, 0.25) is 0 Å². The highest BCUT2D eigenvalue weighted by molar-refractivity contribution is 5.77. The van der Waals surface area contributed by atoms with Crippen LogP contribution in [-0.4, -0.2) is 24.3 Å². The molecule has 1 rings (SSSR count). The maximum Gasteiger partial charge on any atom is 0.312 e. The lowest BCUT2D eigenvalue weighted by Gasteiger charge is -2.39. The highest BCUT2D eigenvalue weighted by Crippen LogP contribution is 2.46. The summed E-state index contributed by atoms with van der Waals surface area (Å²) in [5.74, 6) is 0.564. The van der Waals surface area contributed by atoms with Crippen molar-refractivity contribution in [2.45, 2.75) is 52.9 Å². The van der Waals surface area contributed by atoms with Crippen molar-refractivity contribution in [3.8, 4) is 0 Å². The summed E-state index contributed by atoms with van der Waals surface area (Å²) in [7, 11) is 0. The van der Waals surface area contributed by atoms with Gasteiger partial charge in [0.1, 0.15) is 6.61 Å². The highest BCUT2D eigenvalue weighted by Gasteiger charge is 2.47. The molecule has 0 aromatic carbocycles. The molecule has 0 aromatic rings. The van der Waals surface area contributed by atoms with Crippen LogP contribution in [0.1, 0.15) is 52.9 Å². The van der Waals surface area contributed by atoms with Crippen molar-refractivity contribution in [1.29, 1.82) is 0 Å². The minimum absolute atomic E-state index is 0.0890. The summed E-state index contributed by atoms with van der Waals surface area (Å²) >= 11 is 0. The molecule has 0 heterocycles. The molecule has 1 aliphatic rings. The van der Waals surface area contributed by atoms with Crippen LogP contribution in [0.5, 0.6) is 0 Å². The minimum atomic E-state index is -0.342. The fourth-order valence-corrected chi connectivity index (χ4v) is 3.22. The van der Waals surface area contributed by atoms with Crippen LogP contribution in [0.25, 0.3) is 0 Å². The molecule has 100 valence electrons. The maximum absolute atomic E-state index is 12.4. The van der Waals surface area contributed by atoms with Crippen LogP contribution in [0, 0.1) is 17.3 Å². The molecule has 17 heavy (non-hydrogen) atoms. The number of aliphatic hydroxyl groups is 1. The molecule has 3 heteroatoms. The summed E-state index contributed by atoms with van der Waals surface area (Å²) in [6.07, 6.45) is 5.56. The zero-order valence-electron chi connectivity index (χ0n) is 11.4. The van der Waals surface area contributed by atoms with Crippen molar-refractivity contribution >= 4 is 5.97 Å².